The minimum absolute atomic E-state index is 0.0868. The van der Waals surface area contributed by atoms with Crippen molar-refractivity contribution in [1.29, 1.82) is 0 Å². The Bertz CT molecular complexity index is 504. The van der Waals surface area contributed by atoms with Gasteiger partial charge >= 0.3 is 0 Å². The van der Waals surface area contributed by atoms with Crippen LogP contribution in [0.15, 0.2) is 23.0 Å². The molecular weight excluding hydrogens is 254 g/mol. The first-order valence-corrected chi connectivity index (χ1v) is 7.29. The molecule has 0 atom stereocenters. The summed E-state index contributed by atoms with van der Waals surface area (Å²) >= 11 is 0. The number of piperidine rings is 1. The van der Waals surface area contributed by atoms with Gasteiger partial charge in [0.05, 0.1) is 0 Å². The van der Waals surface area contributed by atoms with E-state index in [1.165, 1.54) is 6.07 Å². The number of pyridine rings is 1. The van der Waals surface area contributed by atoms with E-state index in [2.05, 4.69) is 10.3 Å². The van der Waals surface area contributed by atoms with E-state index in [0.29, 0.717) is 11.6 Å². The summed E-state index contributed by atoms with van der Waals surface area (Å²) < 4.78 is 0. The average molecular weight is 277 g/mol. The summed E-state index contributed by atoms with van der Waals surface area (Å²) in [5, 5.41) is 3.33. The number of nitrogens with one attached hydrogen (secondary N) is 2. The van der Waals surface area contributed by atoms with Crippen LogP contribution in [0.3, 0.4) is 0 Å². The maximum absolute atomic E-state index is 12.6. The van der Waals surface area contributed by atoms with Crippen molar-refractivity contribution >= 4 is 5.91 Å². The van der Waals surface area contributed by atoms with Gasteiger partial charge in [0, 0.05) is 18.7 Å². The van der Waals surface area contributed by atoms with Crippen LogP contribution in [0.5, 0.6) is 0 Å². The van der Waals surface area contributed by atoms with Gasteiger partial charge in [0.15, 0.2) is 0 Å². The molecule has 0 radical (unpaired) electrons. The van der Waals surface area contributed by atoms with Crippen LogP contribution in [-0.4, -0.2) is 41.5 Å². The summed E-state index contributed by atoms with van der Waals surface area (Å²) in [4.78, 5) is 28.4. The molecule has 20 heavy (non-hydrogen) atoms. The molecule has 1 aromatic rings. The van der Waals surface area contributed by atoms with Crippen molar-refractivity contribution in [2.24, 2.45) is 5.92 Å². The smallest absolute Gasteiger partial charge is 0.270 e. The number of H-pyrrole nitrogens is 1. The molecule has 0 bridgehead atoms. The lowest BCUT2D eigenvalue weighted by Gasteiger charge is -2.32. The van der Waals surface area contributed by atoms with Crippen molar-refractivity contribution in [3.63, 3.8) is 0 Å². The number of amides is 1. The Balaban J connectivity index is 2.11. The summed E-state index contributed by atoms with van der Waals surface area (Å²) in [6.07, 6.45) is 2.20. The van der Waals surface area contributed by atoms with E-state index in [9.17, 15) is 9.59 Å². The lowest BCUT2D eigenvalue weighted by Crippen LogP contribution is -2.43. The van der Waals surface area contributed by atoms with Crippen LogP contribution in [0.25, 0.3) is 0 Å². The minimum atomic E-state index is -0.235. The normalized spacial score (nSPS) is 16.4. The lowest BCUT2D eigenvalue weighted by atomic mass is 9.97. The molecule has 1 aliphatic rings. The Kier molecular flexibility index (Phi) is 4.95. The highest BCUT2D eigenvalue weighted by atomic mass is 16.2. The molecule has 1 aliphatic heterocycles. The Morgan fingerprint density at radius 3 is 2.65 bits per heavy atom. The highest BCUT2D eigenvalue weighted by Gasteiger charge is 2.24. The van der Waals surface area contributed by atoms with Crippen molar-refractivity contribution in [2.75, 3.05) is 19.6 Å². The summed E-state index contributed by atoms with van der Waals surface area (Å²) in [6.45, 7) is 6.83. The number of hydrogen-bond donors (Lipinski definition) is 2. The largest absolute Gasteiger partial charge is 0.335 e. The van der Waals surface area contributed by atoms with Crippen LogP contribution < -0.4 is 10.9 Å². The number of carbonyl (C=O) groups excluding carboxylic acids is 1. The molecule has 0 aliphatic carbocycles. The number of nitrogens with zero attached hydrogens (tertiary/aromatic N) is 1. The van der Waals surface area contributed by atoms with Crippen molar-refractivity contribution in [2.45, 2.75) is 32.7 Å². The molecule has 2 rings (SSSR count). The molecule has 2 heterocycles. The quantitative estimate of drug-likeness (QED) is 0.870. The summed E-state index contributed by atoms with van der Waals surface area (Å²) in [7, 11) is 0. The Morgan fingerprint density at radius 2 is 2.05 bits per heavy atom. The predicted octanol–water partition coefficient (Wildman–Crippen LogP) is 1.23. The summed E-state index contributed by atoms with van der Waals surface area (Å²) in [5.41, 5.74) is 0.140. The van der Waals surface area contributed by atoms with E-state index < -0.39 is 0 Å². The fourth-order valence-corrected chi connectivity index (χ4v) is 2.60. The molecule has 0 aromatic carbocycles. The maximum Gasteiger partial charge on any atom is 0.270 e. The molecule has 5 nitrogen and oxygen atoms in total. The van der Waals surface area contributed by atoms with Crippen LogP contribution in [-0.2, 0) is 0 Å². The lowest BCUT2D eigenvalue weighted by molar-refractivity contribution is 0.0651. The van der Waals surface area contributed by atoms with E-state index >= 15 is 0 Å². The second kappa shape index (κ2) is 6.70. The average Bonchev–Trinajstić information content (AvgIpc) is 2.45. The highest BCUT2D eigenvalue weighted by Crippen LogP contribution is 2.16. The SMILES string of the molecule is CC(C)N(CC1CCNCC1)C(=O)c1cccc(=O)[nH]1. The van der Waals surface area contributed by atoms with Gasteiger partial charge in [0.1, 0.15) is 5.69 Å². The number of hydrogen-bond acceptors (Lipinski definition) is 3. The highest BCUT2D eigenvalue weighted by molar-refractivity contribution is 5.92. The van der Waals surface area contributed by atoms with Crippen LogP contribution in [0, 0.1) is 5.92 Å². The predicted molar refractivity (Wildman–Crippen MR) is 78.8 cm³/mol. The Labute approximate surface area is 119 Å². The van der Waals surface area contributed by atoms with Crippen molar-refractivity contribution in [3.8, 4) is 0 Å². The molecule has 0 saturated carbocycles. The first kappa shape index (κ1) is 14.8. The van der Waals surface area contributed by atoms with Crippen LogP contribution in [0.4, 0.5) is 0 Å². The van der Waals surface area contributed by atoms with Gasteiger partial charge in [-0.3, -0.25) is 9.59 Å². The third-order valence-electron chi connectivity index (χ3n) is 3.80. The van der Waals surface area contributed by atoms with E-state index in [1.807, 2.05) is 18.7 Å². The Hall–Kier alpha value is -1.62. The zero-order valence-corrected chi connectivity index (χ0v) is 12.2. The van der Waals surface area contributed by atoms with Crippen LogP contribution in [0.1, 0.15) is 37.2 Å². The molecule has 2 N–H and O–H groups in total. The van der Waals surface area contributed by atoms with E-state index in [-0.39, 0.29) is 17.5 Å². The molecule has 1 aromatic heterocycles. The Morgan fingerprint density at radius 1 is 1.35 bits per heavy atom. The van der Waals surface area contributed by atoms with Gasteiger partial charge in [-0.25, -0.2) is 0 Å². The molecule has 0 unspecified atom stereocenters. The topological polar surface area (TPSA) is 65.2 Å². The maximum atomic E-state index is 12.6. The van der Waals surface area contributed by atoms with E-state index in [0.717, 1.165) is 32.5 Å². The van der Waals surface area contributed by atoms with Crippen LogP contribution >= 0.6 is 0 Å². The van der Waals surface area contributed by atoms with Gasteiger partial charge < -0.3 is 15.2 Å². The van der Waals surface area contributed by atoms with Crippen molar-refractivity contribution in [1.82, 2.24) is 15.2 Å². The van der Waals surface area contributed by atoms with Gasteiger partial charge in [-0.1, -0.05) is 6.07 Å². The van der Waals surface area contributed by atoms with Gasteiger partial charge in [-0.15, -0.1) is 0 Å². The first-order chi connectivity index (χ1) is 9.58. The third-order valence-corrected chi connectivity index (χ3v) is 3.80. The second-order valence-electron chi connectivity index (χ2n) is 5.67. The number of rotatable bonds is 4. The van der Waals surface area contributed by atoms with Crippen LogP contribution in [0.2, 0.25) is 0 Å². The van der Waals surface area contributed by atoms with Gasteiger partial charge in [0.2, 0.25) is 5.56 Å². The zero-order valence-electron chi connectivity index (χ0n) is 12.2. The standard InChI is InChI=1S/C15H23N3O2/c1-11(2)18(10-12-6-8-16-9-7-12)15(20)13-4-3-5-14(19)17-13/h3-5,11-12,16H,6-10H2,1-2H3,(H,17,19). The molecule has 1 saturated heterocycles. The molecule has 5 heteroatoms. The van der Waals surface area contributed by atoms with Crippen molar-refractivity contribution in [3.05, 3.63) is 34.2 Å². The molecule has 110 valence electrons. The molecule has 0 spiro atoms. The summed E-state index contributed by atoms with van der Waals surface area (Å²) in [5.74, 6) is 0.453. The fraction of sp³-hybridized carbons (Fsp3) is 0.600. The first-order valence-electron chi connectivity index (χ1n) is 7.29. The zero-order chi connectivity index (χ0) is 14.5. The summed E-state index contributed by atoms with van der Waals surface area (Å²) in [6, 6.07) is 4.83. The molecule has 1 amide bonds. The van der Waals surface area contributed by atoms with Gasteiger partial charge in [-0.2, -0.15) is 0 Å². The molecular formula is C15H23N3O2. The fourth-order valence-electron chi connectivity index (χ4n) is 2.60. The van der Waals surface area contributed by atoms with Crippen molar-refractivity contribution < 1.29 is 4.79 Å². The number of aromatic amines is 1. The molecule has 1 fully saturated rings. The van der Waals surface area contributed by atoms with E-state index in [4.69, 9.17) is 0 Å². The number of aromatic nitrogens is 1. The van der Waals surface area contributed by atoms with Gasteiger partial charge in [0.25, 0.3) is 5.91 Å². The van der Waals surface area contributed by atoms with Gasteiger partial charge in [-0.05, 0) is 51.8 Å². The second-order valence-corrected chi connectivity index (χ2v) is 5.67. The monoisotopic (exact) mass is 277 g/mol. The number of carbonyl (C=O) groups is 1. The van der Waals surface area contributed by atoms with E-state index in [1.54, 1.807) is 12.1 Å². The third kappa shape index (κ3) is 3.70. The minimum Gasteiger partial charge on any atom is -0.335 e.